The van der Waals surface area contributed by atoms with Crippen LogP contribution in [0, 0.1) is 6.92 Å². The largest absolute Gasteiger partial charge is 0.507 e. The topological polar surface area (TPSA) is 99.2 Å². The van der Waals surface area contributed by atoms with E-state index in [1.54, 1.807) is 42.7 Å². The maximum Gasteiger partial charge on any atom is 0.302 e. The van der Waals surface area contributed by atoms with Gasteiger partial charge in [-0.2, -0.15) is 0 Å². The molecule has 1 atom stereocenters. The third-order valence-electron chi connectivity index (χ3n) is 5.48. The SMILES string of the molecule is Cc1cc(/C(O)=C2\C(=O)C(=O)N(c3nc4ccccc4[nH]3)C2c2cccnc2)ccc1Br. The molecule has 0 saturated carbocycles. The highest BCUT2D eigenvalue weighted by Gasteiger charge is 2.48. The molecular weight excluding hydrogens is 472 g/mol. The summed E-state index contributed by atoms with van der Waals surface area (Å²) in [5.41, 5.74) is 3.31. The van der Waals surface area contributed by atoms with E-state index in [2.05, 4.69) is 30.9 Å². The molecule has 2 N–H and O–H groups in total. The molecule has 1 amide bonds. The van der Waals surface area contributed by atoms with Crippen molar-refractivity contribution >= 4 is 50.4 Å². The Bertz CT molecular complexity index is 1380. The minimum absolute atomic E-state index is 0.00909. The van der Waals surface area contributed by atoms with Gasteiger partial charge in [0.15, 0.2) is 0 Å². The molecule has 4 aromatic rings. The minimum Gasteiger partial charge on any atom is -0.507 e. The maximum atomic E-state index is 13.2. The second-order valence-corrected chi connectivity index (χ2v) is 8.35. The van der Waals surface area contributed by atoms with Gasteiger partial charge in [0, 0.05) is 22.4 Å². The quantitative estimate of drug-likeness (QED) is 0.248. The molecule has 2 aromatic heterocycles. The lowest BCUT2D eigenvalue weighted by molar-refractivity contribution is -0.132. The fraction of sp³-hybridized carbons (Fsp3) is 0.0833. The van der Waals surface area contributed by atoms with Crippen LogP contribution in [0.25, 0.3) is 16.8 Å². The molecule has 158 valence electrons. The van der Waals surface area contributed by atoms with E-state index >= 15 is 0 Å². The van der Waals surface area contributed by atoms with Crippen molar-refractivity contribution in [1.29, 1.82) is 0 Å². The standard InChI is InChI=1S/C24H17BrN4O3/c1-13-11-14(8-9-16(13)25)21(30)19-20(15-5-4-10-26-12-15)29(23(32)22(19)31)24-27-17-6-2-3-7-18(17)28-24/h2-12,20,30H,1H3,(H,27,28)/b21-19+. The van der Waals surface area contributed by atoms with Crippen LogP contribution in [0.3, 0.4) is 0 Å². The Morgan fingerprint density at radius 2 is 1.94 bits per heavy atom. The summed E-state index contributed by atoms with van der Waals surface area (Å²) in [5.74, 6) is -1.56. The first kappa shape index (κ1) is 20.1. The highest BCUT2D eigenvalue weighted by atomic mass is 79.9. The van der Waals surface area contributed by atoms with Crippen LogP contribution in [0.5, 0.6) is 0 Å². The Balaban J connectivity index is 1.73. The number of anilines is 1. The normalized spacial score (nSPS) is 17.9. The van der Waals surface area contributed by atoms with Gasteiger partial charge in [-0.15, -0.1) is 0 Å². The third kappa shape index (κ3) is 3.20. The minimum atomic E-state index is -0.881. The molecule has 3 heterocycles. The second-order valence-electron chi connectivity index (χ2n) is 7.50. The number of Topliss-reactive ketones (excluding diaryl/α,β-unsaturated/α-hetero) is 1. The number of amides is 1. The monoisotopic (exact) mass is 488 g/mol. The molecule has 0 radical (unpaired) electrons. The fourth-order valence-electron chi connectivity index (χ4n) is 3.91. The van der Waals surface area contributed by atoms with Crippen molar-refractivity contribution in [3.63, 3.8) is 0 Å². The van der Waals surface area contributed by atoms with E-state index in [1.165, 1.54) is 4.90 Å². The molecule has 0 bridgehead atoms. The lowest BCUT2D eigenvalue weighted by atomic mass is 9.96. The summed E-state index contributed by atoms with van der Waals surface area (Å²) in [6.07, 6.45) is 3.18. The predicted molar refractivity (Wildman–Crippen MR) is 124 cm³/mol. The van der Waals surface area contributed by atoms with Crippen molar-refractivity contribution in [2.24, 2.45) is 0 Å². The first-order valence-electron chi connectivity index (χ1n) is 9.88. The number of aromatic amines is 1. The number of nitrogens with zero attached hydrogens (tertiary/aromatic N) is 3. The van der Waals surface area contributed by atoms with Crippen LogP contribution in [0.15, 0.2) is 77.0 Å². The number of nitrogens with one attached hydrogen (secondary N) is 1. The maximum absolute atomic E-state index is 13.2. The van der Waals surface area contributed by atoms with E-state index < -0.39 is 17.7 Å². The van der Waals surface area contributed by atoms with Gasteiger partial charge in [-0.3, -0.25) is 19.5 Å². The Kier molecular flexibility index (Phi) is 4.86. The van der Waals surface area contributed by atoms with E-state index in [0.29, 0.717) is 16.6 Å². The van der Waals surface area contributed by atoms with Crippen molar-refractivity contribution in [2.75, 3.05) is 4.90 Å². The third-order valence-corrected chi connectivity index (χ3v) is 6.37. The van der Waals surface area contributed by atoms with Gasteiger partial charge < -0.3 is 10.1 Å². The molecule has 7 nitrogen and oxygen atoms in total. The Hall–Kier alpha value is -3.78. The summed E-state index contributed by atoms with van der Waals surface area (Å²) in [6.45, 7) is 1.88. The number of fused-ring (bicyclic) bond motifs is 1. The summed E-state index contributed by atoms with van der Waals surface area (Å²) in [5, 5.41) is 11.2. The molecule has 0 spiro atoms. The number of benzene rings is 2. The van der Waals surface area contributed by atoms with Gasteiger partial charge in [0.05, 0.1) is 22.6 Å². The van der Waals surface area contributed by atoms with Crippen LogP contribution in [0.2, 0.25) is 0 Å². The molecule has 8 heteroatoms. The first-order valence-corrected chi connectivity index (χ1v) is 10.7. The number of imidazole rings is 1. The number of para-hydroxylation sites is 2. The number of halogens is 1. The zero-order chi connectivity index (χ0) is 22.4. The van der Waals surface area contributed by atoms with E-state index in [-0.39, 0.29) is 17.3 Å². The number of pyridine rings is 1. The van der Waals surface area contributed by atoms with Crippen LogP contribution in [-0.4, -0.2) is 31.7 Å². The number of carbonyl (C=O) groups is 2. The molecule has 0 aliphatic carbocycles. The number of hydrogen-bond acceptors (Lipinski definition) is 5. The van der Waals surface area contributed by atoms with Gasteiger partial charge >= 0.3 is 5.91 Å². The molecule has 1 aliphatic rings. The van der Waals surface area contributed by atoms with E-state index in [4.69, 9.17) is 0 Å². The van der Waals surface area contributed by atoms with E-state index in [1.807, 2.05) is 31.2 Å². The molecule has 2 aromatic carbocycles. The number of ketones is 1. The van der Waals surface area contributed by atoms with Crippen molar-refractivity contribution in [3.05, 3.63) is 93.7 Å². The van der Waals surface area contributed by atoms with Crippen molar-refractivity contribution in [1.82, 2.24) is 15.0 Å². The second kappa shape index (κ2) is 7.72. The van der Waals surface area contributed by atoms with Crippen molar-refractivity contribution in [3.8, 4) is 0 Å². The zero-order valence-corrected chi connectivity index (χ0v) is 18.5. The van der Waals surface area contributed by atoms with Crippen molar-refractivity contribution in [2.45, 2.75) is 13.0 Å². The number of H-pyrrole nitrogens is 1. The highest BCUT2D eigenvalue weighted by Crippen LogP contribution is 2.41. The van der Waals surface area contributed by atoms with Crippen LogP contribution in [-0.2, 0) is 9.59 Å². The van der Waals surface area contributed by atoms with Gasteiger partial charge in [0.2, 0.25) is 5.95 Å². The number of aromatic nitrogens is 3. The molecular formula is C24H17BrN4O3. The van der Waals surface area contributed by atoms with Gasteiger partial charge in [-0.1, -0.05) is 40.2 Å². The summed E-state index contributed by atoms with van der Waals surface area (Å²) in [6, 6.07) is 15.2. The van der Waals surface area contributed by atoms with Gasteiger partial charge in [-0.25, -0.2) is 4.98 Å². The van der Waals surface area contributed by atoms with Gasteiger partial charge in [0.25, 0.3) is 5.78 Å². The summed E-state index contributed by atoms with van der Waals surface area (Å²) in [4.78, 5) is 39.4. The van der Waals surface area contributed by atoms with Crippen LogP contribution in [0.1, 0.15) is 22.7 Å². The number of hydrogen-bond donors (Lipinski definition) is 2. The Morgan fingerprint density at radius 1 is 1.12 bits per heavy atom. The van der Waals surface area contributed by atoms with Crippen molar-refractivity contribution < 1.29 is 14.7 Å². The molecule has 1 fully saturated rings. The lowest BCUT2D eigenvalue weighted by Gasteiger charge is -2.22. The summed E-state index contributed by atoms with van der Waals surface area (Å²) in [7, 11) is 0. The summed E-state index contributed by atoms with van der Waals surface area (Å²) < 4.78 is 0.876. The average Bonchev–Trinajstić information content (AvgIpc) is 3.34. The molecule has 1 saturated heterocycles. The number of aryl methyl sites for hydroxylation is 1. The van der Waals surface area contributed by atoms with E-state index in [0.717, 1.165) is 15.6 Å². The predicted octanol–water partition coefficient (Wildman–Crippen LogP) is 4.66. The van der Waals surface area contributed by atoms with E-state index in [9.17, 15) is 14.7 Å². The van der Waals surface area contributed by atoms with Crippen LogP contribution in [0.4, 0.5) is 5.95 Å². The van der Waals surface area contributed by atoms with Gasteiger partial charge in [0.1, 0.15) is 5.76 Å². The number of carbonyl (C=O) groups excluding carboxylic acids is 2. The van der Waals surface area contributed by atoms with Crippen LogP contribution < -0.4 is 4.90 Å². The molecule has 1 aliphatic heterocycles. The fourth-order valence-corrected chi connectivity index (χ4v) is 4.15. The molecule has 1 unspecified atom stereocenters. The van der Waals surface area contributed by atoms with Gasteiger partial charge in [-0.05, 0) is 48.4 Å². The van der Waals surface area contributed by atoms with Crippen LogP contribution >= 0.6 is 15.9 Å². The number of aliphatic hydroxyl groups is 1. The zero-order valence-electron chi connectivity index (χ0n) is 16.9. The lowest BCUT2D eigenvalue weighted by Crippen LogP contribution is -2.30. The highest BCUT2D eigenvalue weighted by molar-refractivity contribution is 9.10. The first-order chi connectivity index (χ1) is 15.5. The smallest absolute Gasteiger partial charge is 0.302 e. The average molecular weight is 489 g/mol. The Labute approximate surface area is 191 Å². The number of aliphatic hydroxyl groups excluding tert-OH is 1. The molecule has 5 rings (SSSR count). The molecule has 32 heavy (non-hydrogen) atoms. The summed E-state index contributed by atoms with van der Waals surface area (Å²) >= 11 is 3.44. The Morgan fingerprint density at radius 3 is 2.66 bits per heavy atom. The number of rotatable bonds is 3.